The zero-order chi connectivity index (χ0) is 20.4. The van der Waals surface area contributed by atoms with E-state index in [2.05, 4.69) is 15.0 Å². The van der Waals surface area contributed by atoms with Crippen LogP contribution in [0.3, 0.4) is 0 Å². The number of carbonyl (C=O) groups is 1. The summed E-state index contributed by atoms with van der Waals surface area (Å²) in [6.07, 6.45) is 0.124. The molecule has 0 saturated heterocycles. The molecule has 0 radical (unpaired) electrons. The van der Waals surface area contributed by atoms with Gasteiger partial charge in [0.05, 0.1) is 21.9 Å². The molecule has 28 heavy (non-hydrogen) atoms. The number of hydrogen-bond acceptors (Lipinski definition) is 6. The molecule has 6 nitrogen and oxygen atoms in total. The van der Waals surface area contributed by atoms with Crippen LogP contribution in [-0.2, 0) is 21.2 Å². The highest BCUT2D eigenvalue weighted by Crippen LogP contribution is 2.28. The Morgan fingerprint density at radius 3 is 2.61 bits per heavy atom. The Morgan fingerprint density at radius 2 is 1.93 bits per heavy atom. The number of carbonyl (C=O) groups excluding carboxylic acids is 1. The van der Waals surface area contributed by atoms with Gasteiger partial charge in [-0.15, -0.1) is 22.7 Å². The van der Waals surface area contributed by atoms with Crippen molar-refractivity contribution in [1.82, 2.24) is 9.71 Å². The van der Waals surface area contributed by atoms with Gasteiger partial charge in [-0.25, -0.2) is 18.1 Å². The van der Waals surface area contributed by atoms with Gasteiger partial charge in [0.15, 0.2) is 0 Å². The average Bonchev–Trinajstić information content (AvgIpc) is 3.24. The number of rotatable bonds is 6. The Hall–Kier alpha value is -2.07. The summed E-state index contributed by atoms with van der Waals surface area (Å²) in [6, 6.07) is 10.2. The number of nitrogens with zero attached hydrogens (tertiary/aromatic N) is 1. The number of thiazole rings is 1. The van der Waals surface area contributed by atoms with Gasteiger partial charge in [-0.3, -0.25) is 4.79 Å². The second-order valence-corrected chi connectivity index (χ2v) is 10.7. The molecule has 3 aromatic rings. The minimum atomic E-state index is -3.67. The first-order chi connectivity index (χ1) is 13.1. The number of benzene rings is 1. The summed E-state index contributed by atoms with van der Waals surface area (Å²) < 4.78 is 27.5. The maximum atomic E-state index is 12.5. The van der Waals surface area contributed by atoms with E-state index in [9.17, 15) is 13.2 Å². The summed E-state index contributed by atoms with van der Waals surface area (Å²) in [5.41, 5.74) is 0.516. The van der Waals surface area contributed by atoms with Crippen molar-refractivity contribution in [2.45, 2.75) is 37.6 Å². The molecule has 148 valence electrons. The minimum Gasteiger partial charge on any atom is -0.326 e. The smallest absolute Gasteiger partial charge is 0.241 e. The maximum Gasteiger partial charge on any atom is 0.241 e. The fraction of sp³-hybridized carbons (Fsp3) is 0.263. The fourth-order valence-corrected chi connectivity index (χ4v) is 5.57. The molecule has 0 bridgehead atoms. The van der Waals surface area contributed by atoms with Crippen molar-refractivity contribution >= 4 is 44.3 Å². The second-order valence-electron chi connectivity index (χ2n) is 7.23. The van der Waals surface area contributed by atoms with Crippen molar-refractivity contribution in [2.24, 2.45) is 0 Å². The van der Waals surface area contributed by atoms with E-state index >= 15 is 0 Å². The maximum absolute atomic E-state index is 12.5. The molecule has 0 unspecified atom stereocenters. The van der Waals surface area contributed by atoms with E-state index in [1.165, 1.54) is 23.5 Å². The van der Waals surface area contributed by atoms with Crippen LogP contribution in [-0.4, -0.2) is 24.8 Å². The number of anilines is 1. The van der Waals surface area contributed by atoms with Crippen LogP contribution < -0.4 is 10.0 Å². The van der Waals surface area contributed by atoms with Gasteiger partial charge < -0.3 is 5.32 Å². The molecule has 0 saturated carbocycles. The largest absolute Gasteiger partial charge is 0.326 e. The highest BCUT2D eigenvalue weighted by atomic mass is 32.2. The van der Waals surface area contributed by atoms with E-state index in [0.717, 1.165) is 9.88 Å². The van der Waals surface area contributed by atoms with E-state index in [4.69, 9.17) is 0 Å². The van der Waals surface area contributed by atoms with Crippen LogP contribution in [0.2, 0.25) is 0 Å². The van der Waals surface area contributed by atoms with Crippen LogP contribution >= 0.6 is 22.7 Å². The standard InChI is InChI=1S/C19H21N3O3S3/c1-19(2,3)22-28(24,25)15-7-4-6-13(10-15)20-17(23)11-14-12-27-18(21-14)16-8-5-9-26-16/h4-10,12,22H,11H2,1-3H3,(H,20,23). The molecule has 1 amide bonds. The van der Waals surface area contributed by atoms with E-state index in [-0.39, 0.29) is 17.2 Å². The molecule has 0 aliphatic rings. The van der Waals surface area contributed by atoms with Crippen molar-refractivity contribution in [3.8, 4) is 9.88 Å². The van der Waals surface area contributed by atoms with Crippen molar-refractivity contribution in [3.63, 3.8) is 0 Å². The van der Waals surface area contributed by atoms with Gasteiger partial charge in [-0.05, 0) is 50.4 Å². The van der Waals surface area contributed by atoms with Crippen LogP contribution in [0, 0.1) is 0 Å². The zero-order valence-corrected chi connectivity index (χ0v) is 18.2. The molecule has 0 atom stereocenters. The summed E-state index contributed by atoms with van der Waals surface area (Å²) in [4.78, 5) is 18.0. The van der Waals surface area contributed by atoms with Gasteiger partial charge in [-0.2, -0.15) is 0 Å². The predicted octanol–water partition coefficient (Wildman–Crippen LogP) is 4.13. The molecular formula is C19H21N3O3S3. The lowest BCUT2D eigenvalue weighted by Crippen LogP contribution is -2.40. The van der Waals surface area contributed by atoms with E-state index in [0.29, 0.717) is 11.4 Å². The van der Waals surface area contributed by atoms with Gasteiger partial charge in [0, 0.05) is 16.6 Å². The quantitative estimate of drug-likeness (QED) is 0.609. The van der Waals surface area contributed by atoms with Crippen molar-refractivity contribution in [1.29, 1.82) is 0 Å². The molecule has 2 N–H and O–H groups in total. The number of amides is 1. The second kappa shape index (κ2) is 8.12. The number of thiophene rings is 1. The number of aromatic nitrogens is 1. The molecular weight excluding hydrogens is 414 g/mol. The van der Waals surface area contributed by atoms with Gasteiger partial charge in [0.2, 0.25) is 15.9 Å². The van der Waals surface area contributed by atoms with Gasteiger partial charge in [-0.1, -0.05) is 12.1 Å². The SMILES string of the molecule is CC(C)(C)NS(=O)(=O)c1cccc(NC(=O)Cc2csc(-c3cccs3)n2)c1. The van der Waals surface area contributed by atoms with Crippen LogP contribution in [0.5, 0.6) is 0 Å². The van der Waals surface area contributed by atoms with Crippen LogP contribution in [0.15, 0.2) is 52.1 Å². The molecule has 0 spiro atoms. The molecule has 2 aromatic heterocycles. The highest BCUT2D eigenvalue weighted by Gasteiger charge is 2.22. The molecule has 3 rings (SSSR count). The van der Waals surface area contributed by atoms with Crippen molar-refractivity contribution < 1.29 is 13.2 Å². The molecule has 2 heterocycles. The van der Waals surface area contributed by atoms with Crippen molar-refractivity contribution in [3.05, 3.63) is 52.9 Å². The Bertz CT molecular complexity index is 1070. The fourth-order valence-electron chi connectivity index (χ4n) is 2.47. The lowest BCUT2D eigenvalue weighted by atomic mass is 10.1. The molecule has 1 aromatic carbocycles. The Labute approximate surface area is 172 Å². The lowest BCUT2D eigenvalue weighted by molar-refractivity contribution is -0.115. The Kier molecular flexibility index (Phi) is 5.99. The van der Waals surface area contributed by atoms with Crippen molar-refractivity contribution in [2.75, 3.05) is 5.32 Å². The normalized spacial score (nSPS) is 12.1. The summed E-state index contributed by atoms with van der Waals surface area (Å²) in [6.45, 7) is 5.32. The third-order valence-corrected chi connectivity index (χ3v) is 7.18. The van der Waals surface area contributed by atoms with Gasteiger partial charge >= 0.3 is 0 Å². The predicted molar refractivity (Wildman–Crippen MR) is 114 cm³/mol. The monoisotopic (exact) mass is 435 g/mol. The average molecular weight is 436 g/mol. The summed E-state index contributed by atoms with van der Waals surface area (Å²) in [5.74, 6) is -0.249. The third kappa shape index (κ3) is 5.48. The van der Waals surface area contributed by atoms with E-state index < -0.39 is 15.6 Å². The highest BCUT2D eigenvalue weighted by molar-refractivity contribution is 7.89. The number of nitrogens with one attached hydrogen (secondary N) is 2. The van der Waals surface area contributed by atoms with Crippen LogP contribution in [0.1, 0.15) is 26.5 Å². The third-order valence-electron chi connectivity index (χ3n) is 3.49. The first kappa shape index (κ1) is 20.7. The number of hydrogen-bond donors (Lipinski definition) is 2. The van der Waals surface area contributed by atoms with Gasteiger partial charge in [0.1, 0.15) is 5.01 Å². The topological polar surface area (TPSA) is 88.2 Å². The molecule has 0 aliphatic heterocycles. The molecule has 0 fully saturated rings. The van der Waals surface area contributed by atoms with Gasteiger partial charge in [0.25, 0.3) is 0 Å². The first-order valence-electron chi connectivity index (χ1n) is 8.55. The molecule has 9 heteroatoms. The van der Waals surface area contributed by atoms with Crippen LogP contribution in [0.4, 0.5) is 5.69 Å². The minimum absolute atomic E-state index is 0.105. The zero-order valence-electron chi connectivity index (χ0n) is 15.7. The molecule has 0 aliphatic carbocycles. The lowest BCUT2D eigenvalue weighted by Gasteiger charge is -2.20. The Morgan fingerprint density at radius 1 is 1.14 bits per heavy atom. The van der Waals surface area contributed by atoms with Crippen LogP contribution in [0.25, 0.3) is 9.88 Å². The summed E-state index contributed by atoms with van der Waals surface area (Å²) >= 11 is 3.10. The summed E-state index contributed by atoms with van der Waals surface area (Å²) in [5, 5.41) is 7.48. The number of sulfonamides is 1. The van der Waals surface area contributed by atoms with E-state index in [1.54, 1.807) is 44.2 Å². The first-order valence-corrected chi connectivity index (χ1v) is 11.8. The van der Waals surface area contributed by atoms with E-state index in [1.807, 2.05) is 22.9 Å². The summed E-state index contributed by atoms with van der Waals surface area (Å²) in [7, 11) is -3.67. The Balaban J connectivity index is 1.68.